The molecule has 4 aromatic rings. The normalized spacial score (nSPS) is 11.8. The standard InChI is InChI=1S/C25H26N4O4/c1-5-13-33-19-12-11-17(14-20(19)32-4)23(21-15(2)26-27-24(21)30)22-16(3)28-29(25(22)31)18-9-7-6-8-10-18/h5-12,14,23,28H,1,13H2,2-4H3,(H2,26,27,30). The Hall–Kier alpha value is -4.20. The summed E-state index contributed by atoms with van der Waals surface area (Å²) in [5.41, 5.74) is 3.20. The SMILES string of the molecule is C=CCOc1ccc(C(c2c(C)[nH][nH]c2=O)c2c(C)[nH]n(-c3ccccc3)c2=O)cc1OC. The molecule has 8 nitrogen and oxygen atoms in total. The highest BCUT2D eigenvalue weighted by molar-refractivity contribution is 5.51. The summed E-state index contributed by atoms with van der Waals surface area (Å²) in [6.45, 7) is 7.63. The zero-order chi connectivity index (χ0) is 23.5. The molecule has 0 aliphatic rings. The summed E-state index contributed by atoms with van der Waals surface area (Å²) in [4.78, 5) is 26.4. The fraction of sp³-hybridized carbons (Fsp3) is 0.200. The average Bonchev–Trinajstić information content (AvgIpc) is 3.32. The first-order valence-electron chi connectivity index (χ1n) is 10.5. The highest BCUT2D eigenvalue weighted by Crippen LogP contribution is 2.37. The summed E-state index contributed by atoms with van der Waals surface area (Å²) < 4.78 is 12.7. The largest absolute Gasteiger partial charge is 0.493 e. The van der Waals surface area contributed by atoms with Crippen LogP contribution in [0, 0.1) is 13.8 Å². The Bertz CT molecular complexity index is 1390. The Balaban J connectivity index is 1.94. The van der Waals surface area contributed by atoms with Gasteiger partial charge in [-0.2, -0.15) is 0 Å². The number of nitrogens with one attached hydrogen (secondary N) is 3. The van der Waals surface area contributed by atoms with Crippen molar-refractivity contribution < 1.29 is 9.47 Å². The van der Waals surface area contributed by atoms with Gasteiger partial charge in [0.25, 0.3) is 11.1 Å². The van der Waals surface area contributed by atoms with Gasteiger partial charge in [0, 0.05) is 17.3 Å². The van der Waals surface area contributed by atoms with Gasteiger partial charge >= 0.3 is 0 Å². The van der Waals surface area contributed by atoms with Gasteiger partial charge in [0.05, 0.1) is 23.9 Å². The molecule has 0 fully saturated rings. The maximum atomic E-state index is 13.6. The lowest BCUT2D eigenvalue weighted by Gasteiger charge is -2.18. The number of para-hydroxylation sites is 1. The predicted molar refractivity (Wildman–Crippen MR) is 127 cm³/mol. The van der Waals surface area contributed by atoms with Crippen molar-refractivity contribution in [3.63, 3.8) is 0 Å². The van der Waals surface area contributed by atoms with Crippen molar-refractivity contribution in [3.05, 3.63) is 110 Å². The molecule has 0 spiro atoms. The van der Waals surface area contributed by atoms with Crippen LogP contribution >= 0.6 is 0 Å². The quantitative estimate of drug-likeness (QED) is 0.360. The van der Waals surface area contributed by atoms with Gasteiger partial charge in [-0.25, -0.2) is 4.68 Å². The molecule has 0 aliphatic carbocycles. The Labute approximate surface area is 190 Å². The maximum absolute atomic E-state index is 13.6. The van der Waals surface area contributed by atoms with Crippen molar-refractivity contribution in [3.8, 4) is 17.2 Å². The summed E-state index contributed by atoms with van der Waals surface area (Å²) in [6, 6.07) is 14.7. The van der Waals surface area contributed by atoms with Gasteiger partial charge in [0.15, 0.2) is 11.5 Å². The van der Waals surface area contributed by atoms with Crippen LogP contribution in [0.3, 0.4) is 0 Å². The van der Waals surface area contributed by atoms with Gasteiger partial charge in [-0.1, -0.05) is 36.9 Å². The first-order chi connectivity index (χ1) is 16.0. The van der Waals surface area contributed by atoms with E-state index in [0.29, 0.717) is 46.3 Å². The lowest BCUT2D eigenvalue weighted by molar-refractivity contribution is 0.326. The van der Waals surface area contributed by atoms with Crippen molar-refractivity contribution in [1.82, 2.24) is 20.0 Å². The van der Waals surface area contributed by atoms with Gasteiger partial charge in [-0.05, 0) is 43.7 Å². The Morgan fingerprint density at radius 2 is 1.76 bits per heavy atom. The summed E-state index contributed by atoms with van der Waals surface area (Å²) >= 11 is 0. The molecule has 2 heterocycles. The highest BCUT2D eigenvalue weighted by Gasteiger charge is 2.30. The zero-order valence-corrected chi connectivity index (χ0v) is 18.8. The summed E-state index contributed by atoms with van der Waals surface area (Å²) in [6.07, 6.45) is 1.65. The second-order valence-electron chi connectivity index (χ2n) is 7.69. The van der Waals surface area contributed by atoms with Gasteiger partial charge in [0.1, 0.15) is 6.61 Å². The Morgan fingerprint density at radius 1 is 1.00 bits per heavy atom. The number of hydrogen-bond acceptors (Lipinski definition) is 4. The van der Waals surface area contributed by atoms with Crippen LogP contribution in [0.15, 0.2) is 70.8 Å². The fourth-order valence-corrected chi connectivity index (χ4v) is 4.07. The number of ether oxygens (including phenoxy) is 2. The molecule has 0 radical (unpaired) electrons. The number of rotatable bonds is 8. The number of benzene rings is 2. The molecule has 0 saturated carbocycles. The second-order valence-corrected chi connectivity index (χ2v) is 7.69. The second kappa shape index (κ2) is 9.12. The average molecular weight is 447 g/mol. The molecular formula is C25H26N4O4. The number of aryl methyl sites for hydroxylation is 2. The summed E-state index contributed by atoms with van der Waals surface area (Å²) in [5.74, 6) is 0.420. The smallest absolute Gasteiger partial charge is 0.275 e. The Morgan fingerprint density at radius 3 is 2.39 bits per heavy atom. The molecule has 3 N–H and O–H groups in total. The number of methoxy groups -OCH3 is 1. The van der Waals surface area contributed by atoms with Crippen molar-refractivity contribution in [2.75, 3.05) is 13.7 Å². The third-order valence-electron chi connectivity index (χ3n) is 5.60. The van der Waals surface area contributed by atoms with Crippen LogP contribution in [0.1, 0.15) is 34.0 Å². The number of H-pyrrole nitrogens is 3. The molecule has 4 rings (SSSR count). The number of hydrogen-bond donors (Lipinski definition) is 3. The molecule has 0 amide bonds. The molecule has 1 unspecified atom stereocenters. The van der Waals surface area contributed by atoms with Crippen LogP contribution in [0.2, 0.25) is 0 Å². The lowest BCUT2D eigenvalue weighted by atomic mass is 9.85. The minimum atomic E-state index is -0.629. The van der Waals surface area contributed by atoms with Gasteiger partial charge in [-0.15, -0.1) is 0 Å². The minimum absolute atomic E-state index is 0.227. The molecule has 1 atom stereocenters. The van der Waals surface area contributed by atoms with Crippen molar-refractivity contribution >= 4 is 0 Å². The van der Waals surface area contributed by atoms with E-state index in [1.165, 1.54) is 4.68 Å². The predicted octanol–water partition coefficient (Wildman–Crippen LogP) is 3.55. The van der Waals surface area contributed by atoms with Crippen molar-refractivity contribution in [1.29, 1.82) is 0 Å². The molecule has 33 heavy (non-hydrogen) atoms. The zero-order valence-electron chi connectivity index (χ0n) is 18.8. The van der Waals surface area contributed by atoms with E-state index in [1.807, 2.05) is 43.3 Å². The summed E-state index contributed by atoms with van der Waals surface area (Å²) in [7, 11) is 1.55. The molecular weight excluding hydrogens is 420 g/mol. The van der Waals surface area contributed by atoms with E-state index < -0.39 is 5.92 Å². The fourth-order valence-electron chi connectivity index (χ4n) is 4.07. The number of aromatic amines is 3. The monoisotopic (exact) mass is 446 g/mol. The molecule has 0 bridgehead atoms. The molecule has 2 aromatic heterocycles. The van der Waals surface area contributed by atoms with E-state index in [4.69, 9.17) is 9.47 Å². The number of nitrogens with zero attached hydrogens (tertiary/aromatic N) is 1. The Kier molecular flexibility index (Phi) is 6.08. The van der Waals surface area contributed by atoms with Crippen LogP contribution in [0.5, 0.6) is 11.5 Å². The third kappa shape index (κ3) is 4.03. The van der Waals surface area contributed by atoms with E-state index in [9.17, 15) is 9.59 Å². The lowest BCUT2D eigenvalue weighted by Crippen LogP contribution is -2.23. The third-order valence-corrected chi connectivity index (χ3v) is 5.60. The van der Waals surface area contributed by atoms with Gasteiger partial charge in [-0.3, -0.25) is 19.8 Å². The molecule has 0 aliphatic heterocycles. The van der Waals surface area contributed by atoms with E-state index >= 15 is 0 Å². The van der Waals surface area contributed by atoms with Crippen LogP contribution < -0.4 is 20.6 Å². The first-order valence-corrected chi connectivity index (χ1v) is 10.5. The minimum Gasteiger partial charge on any atom is -0.493 e. The van der Waals surface area contributed by atoms with Crippen LogP contribution in [0.25, 0.3) is 5.69 Å². The van der Waals surface area contributed by atoms with Gasteiger partial charge < -0.3 is 14.6 Å². The van der Waals surface area contributed by atoms with E-state index in [0.717, 1.165) is 5.56 Å². The molecule has 8 heteroatoms. The first kappa shape index (κ1) is 22.0. The van der Waals surface area contributed by atoms with Gasteiger partial charge in [0.2, 0.25) is 0 Å². The topological polar surface area (TPSA) is 105 Å². The molecule has 0 saturated heterocycles. The molecule has 170 valence electrons. The summed E-state index contributed by atoms with van der Waals surface area (Å²) in [5, 5.41) is 8.68. The van der Waals surface area contributed by atoms with Crippen LogP contribution in [-0.2, 0) is 0 Å². The van der Waals surface area contributed by atoms with E-state index in [1.54, 1.807) is 32.2 Å². The van der Waals surface area contributed by atoms with E-state index in [2.05, 4.69) is 21.9 Å². The molecule has 2 aromatic carbocycles. The number of aromatic nitrogens is 4. The van der Waals surface area contributed by atoms with Crippen LogP contribution in [-0.4, -0.2) is 33.7 Å². The van der Waals surface area contributed by atoms with Crippen LogP contribution in [0.4, 0.5) is 0 Å². The maximum Gasteiger partial charge on any atom is 0.275 e. The van der Waals surface area contributed by atoms with E-state index in [-0.39, 0.29) is 11.1 Å². The highest BCUT2D eigenvalue weighted by atomic mass is 16.5. The van der Waals surface area contributed by atoms with Crippen molar-refractivity contribution in [2.24, 2.45) is 0 Å². The van der Waals surface area contributed by atoms with Crippen molar-refractivity contribution in [2.45, 2.75) is 19.8 Å².